The first-order valence-corrected chi connectivity index (χ1v) is 8.04. The Labute approximate surface area is 129 Å². The summed E-state index contributed by atoms with van der Waals surface area (Å²) in [6, 6.07) is 15.1. The minimum absolute atomic E-state index is 0.662. The Morgan fingerprint density at radius 2 is 1.76 bits per heavy atom. The SMILES string of the molecule is CN(C)CC(C)(O)Cc1ccc2sc3ccccc3c2c1. The predicted octanol–water partition coefficient (Wildman–Crippen LogP) is 3.91. The molecule has 0 aliphatic rings. The molecule has 1 N–H and O–H groups in total. The van der Waals surface area contributed by atoms with Gasteiger partial charge >= 0.3 is 0 Å². The van der Waals surface area contributed by atoms with Crippen molar-refractivity contribution in [3.63, 3.8) is 0 Å². The molecule has 0 saturated heterocycles. The third-order valence-electron chi connectivity index (χ3n) is 3.68. The number of hydrogen-bond donors (Lipinski definition) is 1. The minimum atomic E-state index is -0.705. The predicted molar refractivity (Wildman–Crippen MR) is 92.2 cm³/mol. The molecule has 21 heavy (non-hydrogen) atoms. The van der Waals surface area contributed by atoms with Crippen molar-refractivity contribution in [3.8, 4) is 0 Å². The molecule has 1 aromatic heterocycles. The maximum absolute atomic E-state index is 10.5. The highest BCUT2D eigenvalue weighted by Crippen LogP contribution is 2.34. The fraction of sp³-hybridized carbons (Fsp3) is 0.333. The molecule has 3 heteroatoms. The summed E-state index contributed by atoms with van der Waals surface area (Å²) < 4.78 is 2.64. The number of nitrogens with zero attached hydrogens (tertiary/aromatic N) is 1. The second kappa shape index (κ2) is 5.41. The average molecular weight is 299 g/mol. The maximum Gasteiger partial charge on any atom is 0.0785 e. The zero-order valence-corrected chi connectivity index (χ0v) is 13.6. The Morgan fingerprint density at radius 1 is 1.05 bits per heavy atom. The Balaban J connectivity index is 1.99. The highest BCUT2D eigenvalue weighted by Gasteiger charge is 2.22. The number of fused-ring (bicyclic) bond motifs is 3. The maximum atomic E-state index is 10.5. The Morgan fingerprint density at radius 3 is 2.52 bits per heavy atom. The summed E-state index contributed by atoms with van der Waals surface area (Å²) in [7, 11) is 3.98. The lowest BCUT2D eigenvalue weighted by Crippen LogP contribution is -2.39. The monoisotopic (exact) mass is 299 g/mol. The molecule has 0 aliphatic carbocycles. The van der Waals surface area contributed by atoms with Crippen LogP contribution in [-0.4, -0.2) is 36.2 Å². The van der Waals surface area contributed by atoms with Gasteiger partial charge in [-0.05, 0) is 44.8 Å². The molecule has 0 saturated carbocycles. The summed E-state index contributed by atoms with van der Waals surface area (Å²) in [5.41, 5.74) is 0.487. The van der Waals surface area contributed by atoms with Crippen molar-refractivity contribution in [1.29, 1.82) is 0 Å². The van der Waals surface area contributed by atoms with Crippen LogP contribution in [0.2, 0.25) is 0 Å². The van der Waals surface area contributed by atoms with E-state index in [-0.39, 0.29) is 0 Å². The molecule has 0 aliphatic heterocycles. The topological polar surface area (TPSA) is 23.5 Å². The largest absolute Gasteiger partial charge is 0.388 e. The molecule has 1 atom stereocenters. The zero-order chi connectivity index (χ0) is 15.0. The van der Waals surface area contributed by atoms with Gasteiger partial charge in [0.25, 0.3) is 0 Å². The summed E-state index contributed by atoms with van der Waals surface area (Å²) >= 11 is 1.83. The van der Waals surface area contributed by atoms with Crippen molar-refractivity contribution in [2.24, 2.45) is 0 Å². The molecule has 0 spiro atoms. The number of aliphatic hydroxyl groups is 1. The van der Waals surface area contributed by atoms with E-state index in [0.717, 1.165) is 0 Å². The van der Waals surface area contributed by atoms with Crippen LogP contribution in [0, 0.1) is 0 Å². The zero-order valence-electron chi connectivity index (χ0n) is 12.8. The van der Waals surface area contributed by atoms with Crippen LogP contribution >= 0.6 is 11.3 Å². The summed E-state index contributed by atoms with van der Waals surface area (Å²) in [4.78, 5) is 2.03. The molecule has 2 aromatic carbocycles. The molecule has 110 valence electrons. The van der Waals surface area contributed by atoms with Gasteiger partial charge in [-0.25, -0.2) is 0 Å². The highest BCUT2D eigenvalue weighted by molar-refractivity contribution is 7.25. The van der Waals surface area contributed by atoms with Crippen molar-refractivity contribution in [2.75, 3.05) is 20.6 Å². The van der Waals surface area contributed by atoms with E-state index in [1.54, 1.807) is 0 Å². The third-order valence-corrected chi connectivity index (χ3v) is 4.83. The van der Waals surface area contributed by atoms with E-state index in [4.69, 9.17) is 0 Å². The van der Waals surface area contributed by atoms with Gasteiger partial charge in [-0.1, -0.05) is 24.3 Å². The first kappa shape index (κ1) is 14.5. The van der Waals surface area contributed by atoms with Crippen LogP contribution in [0.15, 0.2) is 42.5 Å². The standard InChI is InChI=1S/C18H21NOS/c1-18(20,12-19(2)3)11-13-8-9-17-15(10-13)14-6-4-5-7-16(14)21-17/h4-10,20H,11-12H2,1-3H3. The Hall–Kier alpha value is -1.42. The second-order valence-electron chi connectivity index (χ2n) is 6.34. The molecule has 3 aromatic rings. The van der Waals surface area contributed by atoms with E-state index >= 15 is 0 Å². The second-order valence-corrected chi connectivity index (χ2v) is 7.42. The van der Waals surface area contributed by atoms with Gasteiger partial charge in [0, 0.05) is 33.1 Å². The van der Waals surface area contributed by atoms with E-state index < -0.39 is 5.60 Å². The van der Waals surface area contributed by atoms with E-state index in [9.17, 15) is 5.11 Å². The number of hydrogen-bond acceptors (Lipinski definition) is 3. The van der Waals surface area contributed by atoms with E-state index in [1.807, 2.05) is 37.3 Å². The van der Waals surface area contributed by atoms with Crippen LogP contribution in [0.3, 0.4) is 0 Å². The van der Waals surface area contributed by atoms with E-state index in [0.29, 0.717) is 13.0 Å². The fourth-order valence-electron chi connectivity index (χ4n) is 3.06. The number of benzene rings is 2. The van der Waals surface area contributed by atoms with Crippen molar-refractivity contribution in [3.05, 3.63) is 48.0 Å². The summed E-state index contributed by atoms with van der Waals surface area (Å²) in [6.07, 6.45) is 0.672. The lowest BCUT2D eigenvalue weighted by molar-refractivity contribution is 0.0340. The molecule has 2 nitrogen and oxygen atoms in total. The van der Waals surface area contributed by atoms with Crippen molar-refractivity contribution >= 4 is 31.5 Å². The van der Waals surface area contributed by atoms with E-state index in [2.05, 4.69) is 42.5 Å². The number of likely N-dealkylation sites (N-methyl/N-ethyl adjacent to an activating group) is 1. The lowest BCUT2D eigenvalue weighted by Gasteiger charge is -2.27. The van der Waals surface area contributed by atoms with Gasteiger partial charge in [-0.2, -0.15) is 0 Å². The van der Waals surface area contributed by atoms with Crippen LogP contribution in [-0.2, 0) is 6.42 Å². The van der Waals surface area contributed by atoms with Gasteiger partial charge in [0.1, 0.15) is 0 Å². The van der Waals surface area contributed by atoms with Crippen LogP contribution in [0.4, 0.5) is 0 Å². The number of thiophene rings is 1. The van der Waals surface area contributed by atoms with Gasteiger partial charge in [-0.15, -0.1) is 11.3 Å². The van der Waals surface area contributed by atoms with Crippen molar-refractivity contribution in [1.82, 2.24) is 4.90 Å². The Kier molecular flexibility index (Phi) is 3.74. The van der Waals surface area contributed by atoms with Crippen LogP contribution in [0.25, 0.3) is 20.2 Å². The fourth-order valence-corrected chi connectivity index (χ4v) is 4.15. The van der Waals surface area contributed by atoms with Crippen LogP contribution < -0.4 is 0 Å². The first-order valence-electron chi connectivity index (χ1n) is 7.22. The number of rotatable bonds is 4. The van der Waals surface area contributed by atoms with Crippen LogP contribution in [0.1, 0.15) is 12.5 Å². The van der Waals surface area contributed by atoms with Crippen LogP contribution in [0.5, 0.6) is 0 Å². The van der Waals surface area contributed by atoms with Gasteiger partial charge in [0.2, 0.25) is 0 Å². The average Bonchev–Trinajstić information content (AvgIpc) is 2.74. The molecular weight excluding hydrogens is 278 g/mol. The van der Waals surface area contributed by atoms with Gasteiger partial charge in [0.05, 0.1) is 5.60 Å². The third kappa shape index (κ3) is 3.10. The summed E-state index contributed by atoms with van der Waals surface area (Å²) in [5.74, 6) is 0. The normalized spacial score (nSPS) is 14.9. The molecule has 0 bridgehead atoms. The molecule has 0 radical (unpaired) electrons. The quantitative estimate of drug-likeness (QED) is 0.789. The molecule has 3 rings (SSSR count). The van der Waals surface area contributed by atoms with Gasteiger partial charge < -0.3 is 10.0 Å². The lowest BCUT2D eigenvalue weighted by atomic mass is 9.95. The van der Waals surface area contributed by atoms with E-state index in [1.165, 1.54) is 25.7 Å². The minimum Gasteiger partial charge on any atom is -0.388 e. The first-order chi connectivity index (χ1) is 9.94. The molecular formula is C18H21NOS. The highest BCUT2D eigenvalue weighted by atomic mass is 32.1. The van der Waals surface area contributed by atoms with Crippen molar-refractivity contribution < 1.29 is 5.11 Å². The van der Waals surface area contributed by atoms with Gasteiger partial charge in [-0.3, -0.25) is 0 Å². The molecule has 0 fully saturated rings. The molecule has 0 amide bonds. The molecule has 1 unspecified atom stereocenters. The Bertz CT molecular complexity index is 773. The van der Waals surface area contributed by atoms with Gasteiger partial charge in [0.15, 0.2) is 0 Å². The van der Waals surface area contributed by atoms with Crippen molar-refractivity contribution in [2.45, 2.75) is 18.9 Å². The smallest absolute Gasteiger partial charge is 0.0785 e. The molecule has 1 heterocycles. The summed E-state index contributed by atoms with van der Waals surface area (Å²) in [5, 5.41) is 13.1. The summed E-state index contributed by atoms with van der Waals surface area (Å²) in [6.45, 7) is 2.57.